The SMILES string of the molecule is CS/C(N)=N/N=C\c1ccc(-c2ccccc2)cc1. The Morgan fingerprint density at radius 1 is 1.00 bits per heavy atom. The van der Waals surface area contributed by atoms with E-state index in [9.17, 15) is 0 Å². The second kappa shape index (κ2) is 6.75. The largest absolute Gasteiger partial charge is 0.377 e. The van der Waals surface area contributed by atoms with Crippen molar-refractivity contribution in [2.24, 2.45) is 15.9 Å². The van der Waals surface area contributed by atoms with Crippen LogP contribution in [0.5, 0.6) is 0 Å². The second-order valence-electron chi connectivity index (χ2n) is 3.87. The van der Waals surface area contributed by atoms with Gasteiger partial charge in [-0.25, -0.2) is 0 Å². The molecule has 96 valence electrons. The Morgan fingerprint density at radius 2 is 1.63 bits per heavy atom. The van der Waals surface area contributed by atoms with Crippen LogP contribution in [0, 0.1) is 0 Å². The van der Waals surface area contributed by atoms with Crippen molar-refractivity contribution in [3.05, 3.63) is 60.2 Å². The smallest absolute Gasteiger partial charge is 0.180 e. The molecule has 0 aliphatic carbocycles. The zero-order chi connectivity index (χ0) is 13.5. The maximum atomic E-state index is 5.54. The minimum atomic E-state index is 0.456. The predicted molar refractivity (Wildman–Crippen MR) is 84.6 cm³/mol. The molecule has 0 saturated heterocycles. The van der Waals surface area contributed by atoms with Crippen LogP contribution < -0.4 is 5.73 Å². The molecule has 0 heterocycles. The Morgan fingerprint density at radius 3 is 2.26 bits per heavy atom. The van der Waals surface area contributed by atoms with E-state index in [1.165, 1.54) is 22.9 Å². The Balaban J connectivity index is 2.11. The lowest BCUT2D eigenvalue weighted by atomic mass is 10.0. The molecule has 0 saturated carbocycles. The van der Waals surface area contributed by atoms with Gasteiger partial charge >= 0.3 is 0 Å². The monoisotopic (exact) mass is 269 g/mol. The molecule has 0 unspecified atom stereocenters. The molecule has 0 atom stereocenters. The molecule has 0 aromatic heterocycles. The third kappa shape index (κ3) is 3.96. The standard InChI is InChI=1S/C15H15N3S/c1-19-15(16)18-17-11-12-7-9-14(10-8-12)13-5-3-2-4-6-13/h2-11H,1H3,(H2,16,18)/b17-11-. The molecule has 0 fully saturated rings. The van der Waals surface area contributed by atoms with Gasteiger partial charge in [-0.2, -0.15) is 5.10 Å². The summed E-state index contributed by atoms with van der Waals surface area (Å²) < 4.78 is 0. The highest BCUT2D eigenvalue weighted by Crippen LogP contribution is 2.18. The van der Waals surface area contributed by atoms with E-state index in [1.54, 1.807) is 6.21 Å². The van der Waals surface area contributed by atoms with E-state index < -0.39 is 0 Å². The molecule has 0 amide bonds. The molecule has 2 aromatic carbocycles. The van der Waals surface area contributed by atoms with Crippen LogP contribution in [0.4, 0.5) is 0 Å². The molecule has 0 spiro atoms. The summed E-state index contributed by atoms with van der Waals surface area (Å²) in [5.74, 6) is 0. The molecular weight excluding hydrogens is 254 g/mol. The first-order valence-corrected chi connectivity index (χ1v) is 7.08. The molecule has 0 radical (unpaired) electrons. The summed E-state index contributed by atoms with van der Waals surface area (Å²) in [5, 5.41) is 8.23. The van der Waals surface area contributed by atoms with Crippen molar-refractivity contribution in [3.63, 3.8) is 0 Å². The summed E-state index contributed by atoms with van der Waals surface area (Å²) in [5.41, 5.74) is 8.92. The van der Waals surface area contributed by atoms with Crippen LogP contribution in [0.25, 0.3) is 11.1 Å². The molecule has 0 aliphatic rings. The zero-order valence-electron chi connectivity index (χ0n) is 10.7. The molecule has 2 N–H and O–H groups in total. The quantitative estimate of drug-likeness (QED) is 0.527. The lowest BCUT2D eigenvalue weighted by Gasteiger charge is -2.01. The van der Waals surface area contributed by atoms with Crippen LogP contribution >= 0.6 is 11.8 Å². The molecule has 4 heteroatoms. The fourth-order valence-electron chi connectivity index (χ4n) is 1.59. The fraction of sp³-hybridized carbons (Fsp3) is 0.0667. The highest BCUT2D eigenvalue weighted by Gasteiger charge is 1.95. The van der Waals surface area contributed by atoms with Gasteiger partial charge in [0.2, 0.25) is 0 Å². The summed E-state index contributed by atoms with van der Waals surface area (Å²) in [6.07, 6.45) is 3.56. The number of benzene rings is 2. The van der Waals surface area contributed by atoms with Crippen LogP contribution in [0.2, 0.25) is 0 Å². The Labute approximate surface area is 117 Å². The molecular formula is C15H15N3S. The summed E-state index contributed by atoms with van der Waals surface area (Å²) in [6, 6.07) is 18.4. The van der Waals surface area contributed by atoms with Gasteiger partial charge in [0.1, 0.15) is 0 Å². The van der Waals surface area contributed by atoms with Crippen molar-refractivity contribution < 1.29 is 0 Å². The average Bonchev–Trinajstić information content (AvgIpc) is 2.48. The van der Waals surface area contributed by atoms with Crippen LogP contribution in [0.1, 0.15) is 5.56 Å². The molecule has 19 heavy (non-hydrogen) atoms. The van der Waals surface area contributed by atoms with E-state index in [0.29, 0.717) is 5.17 Å². The van der Waals surface area contributed by atoms with Crippen molar-refractivity contribution in [3.8, 4) is 11.1 Å². The van der Waals surface area contributed by atoms with E-state index in [4.69, 9.17) is 5.73 Å². The molecule has 2 rings (SSSR count). The average molecular weight is 269 g/mol. The van der Waals surface area contributed by atoms with Crippen LogP contribution in [-0.4, -0.2) is 17.6 Å². The molecule has 2 aromatic rings. The Hall–Kier alpha value is -2.07. The van der Waals surface area contributed by atoms with Crippen molar-refractivity contribution in [1.82, 2.24) is 0 Å². The molecule has 0 bridgehead atoms. The highest BCUT2D eigenvalue weighted by molar-refractivity contribution is 8.13. The van der Waals surface area contributed by atoms with Crippen molar-refractivity contribution in [1.29, 1.82) is 0 Å². The topological polar surface area (TPSA) is 50.7 Å². The van der Waals surface area contributed by atoms with Gasteiger partial charge in [-0.15, -0.1) is 5.10 Å². The van der Waals surface area contributed by atoms with E-state index in [1.807, 2.05) is 36.6 Å². The van der Waals surface area contributed by atoms with Gasteiger partial charge in [-0.05, 0) is 22.9 Å². The third-order valence-electron chi connectivity index (χ3n) is 2.59. The summed E-state index contributed by atoms with van der Waals surface area (Å²) in [6.45, 7) is 0. The number of nitrogens with zero attached hydrogens (tertiary/aromatic N) is 2. The normalized spacial score (nSPS) is 11.9. The summed E-state index contributed by atoms with van der Waals surface area (Å²) >= 11 is 1.37. The first kappa shape index (κ1) is 13.4. The lowest BCUT2D eigenvalue weighted by molar-refractivity contribution is 1.25. The van der Waals surface area contributed by atoms with E-state index in [0.717, 1.165) is 5.56 Å². The Kier molecular flexibility index (Phi) is 4.75. The number of thioether (sulfide) groups is 1. The number of rotatable bonds is 3. The lowest BCUT2D eigenvalue weighted by Crippen LogP contribution is -2.03. The maximum Gasteiger partial charge on any atom is 0.180 e. The zero-order valence-corrected chi connectivity index (χ0v) is 11.5. The number of nitrogens with two attached hydrogens (primary N) is 1. The molecule has 3 nitrogen and oxygen atoms in total. The van der Waals surface area contributed by atoms with Gasteiger partial charge in [-0.1, -0.05) is 66.4 Å². The maximum absolute atomic E-state index is 5.54. The van der Waals surface area contributed by atoms with E-state index in [2.05, 4.69) is 34.5 Å². The van der Waals surface area contributed by atoms with Gasteiger partial charge in [0.15, 0.2) is 5.17 Å². The van der Waals surface area contributed by atoms with Crippen LogP contribution in [0.15, 0.2) is 64.8 Å². The third-order valence-corrected chi connectivity index (χ3v) is 3.09. The minimum Gasteiger partial charge on any atom is -0.377 e. The highest BCUT2D eigenvalue weighted by atomic mass is 32.2. The van der Waals surface area contributed by atoms with Crippen molar-refractivity contribution in [2.45, 2.75) is 0 Å². The van der Waals surface area contributed by atoms with Crippen LogP contribution in [-0.2, 0) is 0 Å². The molecule has 0 aliphatic heterocycles. The number of hydrogen-bond acceptors (Lipinski definition) is 3. The van der Waals surface area contributed by atoms with Crippen LogP contribution in [0.3, 0.4) is 0 Å². The first-order chi connectivity index (χ1) is 9.29. The number of amidine groups is 1. The van der Waals surface area contributed by atoms with Gasteiger partial charge < -0.3 is 5.73 Å². The van der Waals surface area contributed by atoms with Gasteiger partial charge in [0.05, 0.1) is 6.21 Å². The van der Waals surface area contributed by atoms with Gasteiger partial charge in [0.25, 0.3) is 0 Å². The van der Waals surface area contributed by atoms with E-state index >= 15 is 0 Å². The number of hydrogen-bond donors (Lipinski definition) is 1. The minimum absolute atomic E-state index is 0.456. The Bertz CT molecular complexity index is 574. The predicted octanol–water partition coefficient (Wildman–Crippen LogP) is 3.37. The second-order valence-corrected chi connectivity index (χ2v) is 4.70. The van der Waals surface area contributed by atoms with E-state index in [-0.39, 0.29) is 0 Å². The van der Waals surface area contributed by atoms with Gasteiger partial charge in [-0.3, -0.25) is 0 Å². The summed E-state index contributed by atoms with van der Waals surface area (Å²) in [4.78, 5) is 0. The van der Waals surface area contributed by atoms with Crippen molar-refractivity contribution >= 4 is 23.1 Å². The van der Waals surface area contributed by atoms with Crippen molar-refractivity contribution in [2.75, 3.05) is 6.26 Å². The fourth-order valence-corrected chi connectivity index (χ4v) is 1.71. The summed E-state index contributed by atoms with van der Waals surface area (Å²) in [7, 11) is 0. The van der Waals surface area contributed by atoms with Gasteiger partial charge in [0, 0.05) is 0 Å². The first-order valence-electron chi connectivity index (χ1n) is 5.85.